The Bertz CT molecular complexity index is 1050. The van der Waals surface area contributed by atoms with Gasteiger partial charge in [0.1, 0.15) is 0 Å². The second-order valence-electron chi connectivity index (χ2n) is 5.72. The van der Waals surface area contributed by atoms with Crippen LogP contribution in [0.2, 0.25) is 0 Å². The molecule has 0 spiro atoms. The topological polar surface area (TPSA) is 41.6 Å². The van der Waals surface area contributed by atoms with E-state index in [1.807, 2.05) is 12.3 Å². The monoisotopic (exact) mass is 349 g/mol. The number of pyridine rings is 1. The maximum absolute atomic E-state index is 4.97. The lowest BCUT2D eigenvalue weighted by molar-refractivity contribution is 0.847. The van der Waals surface area contributed by atoms with E-state index in [1.165, 1.54) is 27.5 Å². The molecule has 0 atom stereocenters. The van der Waals surface area contributed by atoms with E-state index in [0.717, 1.165) is 34.0 Å². The number of nitrogens with one attached hydrogen (secondary N) is 1. The predicted octanol–water partition coefficient (Wildman–Crippen LogP) is 4.64. The number of benzene rings is 2. The number of aromatic amines is 1. The number of halogens is 1. The summed E-state index contributed by atoms with van der Waals surface area (Å²) in [6, 6.07) is 12.5. The summed E-state index contributed by atoms with van der Waals surface area (Å²) in [6.45, 7) is 0. The summed E-state index contributed by atoms with van der Waals surface area (Å²) >= 11 is 3.56. The van der Waals surface area contributed by atoms with Gasteiger partial charge in [0.25, 0.3) is 0 Å². The summed E-state index contributed by atoms with van der Waals surface area (Å²) in [6.07, 6.45) is 4.14. The van der Waals surface area contributed by atoms with Crippen LogP contribution in [0.25, 0.3) is 33.1 Å². The van der Waals surface area contributed by atoms with E-state index in [-0.39, 0.29) is 0 Å². The Hall–Kier alpha value is -2.20. The summed E-state index contributed by atoms with van der Waals surface area (Å²) in [7, 11) is 0. The first kappa shape index (κ1) is 12.4. The molecular formula is C18H12BrN3. The first-order chi connectivity index (χ1) is 10.8. The molecule has 3 nitrogen and oxygen atoms in total. The van der Waals surface area contributed by atoms with Crippen LogP contribution in [0.4, 0.5) is 0 Å². The van der Waals surface area contributed by atoms with E-state index in [4.69, 9.17) is 4.98 Å². The highest BCUT2D eigenvalue weighted by atomic mass is 79.9. The molecule has 0 aliphatic heterocycles. The molecule has 0 fully saturated rings. The van der Waals surface area contributed by atoms with Gasteiger partial charge in [-0.3, -0.25) is 5.10 Å². The fourth-order valence-electron chi connectivity index (χ4n) is 3.39. The normalized spacial score (nSPS) is 13.3. The van der Waals surface area contributed by atoms with Crippen molar-refractivity contribution < 1.29 is 0 Å². The lowest BCUT2D eigenvalue weighted by atomic mass is 9.82. The molecule has 22 heavy (non-hydrogen) atoms. The van der Waals surface area contributed by atoms with Gasteiger partial charge in [0.15, 0.2) is 0 Å². The highest BCUT2D eigenvalue weighted by molar-refractivity contribution is 9.10. The van der Waals surface area contributed by atoms with Crippen molar-refractivity contribution in [1.82, 2.24) is 15.2 Å². The fraction of sp³-hybridized carbons (Fsp3) is 0.111. The van der Waals surface area contributed by atoms with Crippen molar-refractivity contribution in [3.8, 4) is 11.3 Å². The molecule has 4 heteroatoms. The van der Waals surface area contributed by atoms with Gasteiger partial charge in [-0.05, 0) is 48.2 Å². The minimum Gasteiger partial charge on any atom is -0.278 e. The summed E-state index contributed by atoms with van der Waals surface area (Å²) < 4.78 is 1.09. The van der Waals surface area contributed by atoms with Crippen LogP contribution in [-0.2, 0) is 12.8 Å². The van der Waals surface area contributed by atoms with E-state index in [9.17, 15) is 0 Å². The molecule has 2 heterocycles. The van der Waals surface area contributed by atoms with Gasteiger partial charge in [-0.1, -0.05) is 28.1 Å². The van der Waals surface area contributed by atoms with Crippen molar-refractivity contribution in [2.45, 2.75) is 12.8 Å². The van der Waals surface area contributed by atoms with Gasteiger partial charge in [-0.2, -0.15) is 5.10 Å². The minimum absolute atomic E-state index is 1.06. The summed E-state index contributed by atoms with van der Waals surface area (Å²) in [5.74, 6) is 0. The van der Waals surface area contributed by atoms with E-state index >= 15 is 0 Å². The number of fused-ring (bicyclic) bond motifs is 5. The quantitative estimate of drug-likeness (QED) is 0.543. The van der Waals surface area contributed by atoms with Crippen molar-refractivity contribution in [3.05, 3.63) is 58.2 Å². The molecule has 0 radical (unpaired) electrons. The molecule has 1 aliphatic carbocycles. The summed E-state index contributed by atoms with van der Waals surface area (Å²) in [4.78, 5) is 4.97. The zero-order valence-electron chi connectivity index (χ0n) is 11.7. The van der Waals surface area contributed by atoms with E-state index < -0.39 is 0 Å². The largest absolute Gasteiger partial charge is 0.278 e. The average molecular weight is 350 g/mol. The van der Waals surface area contributed by atoms with Crippen LogP contribution < -0.4 is 0 Å². The number of H-pyrrole nitrogens is 1. The number of hydrogen-bond donors (Lipinski definition) is 1. The number of nitrogens with zero attached hydrogens (tertiary/aromatic N) is 2. The molecule has 1 aliphatic rings. The van der Waals surface area contributed by atoms with Gasteiger partial charge in [-0.25, -0.2) is 4.98 Å². The van der Waals surface area contributed by atoms with Crippen LogP contribution in [0, 0.1) is 0 Å². The Morgan fingerprint density at radius 2 is 1.95 bits per heavy atom. The third-order valence-corrected chi connectivity index (χ3v) is 5.00. The number of rotatable bonds is 1. The van der Waals surface area contributed by atoms with Gasteiger partial charge in [0.2, 0.25) is 0 Å². The van der Waals surface area contributed by atoms with Crippen LogP contribution in [0.15, 0.2) is 47.1 Å². The Morgan fingerprint density at radius 1 is 1.05 bits per heavy atom. The van der Waals surface area contributed by atoms with E-state index in [1.54, 1.807) is 0 Å². The van der Waals surface area contributed by atoms with Gasteiger partial charge >= 0.3 is 0 Å². The Balaban J connectivity index is 1.88. The first-order valence-corrected chi connectivity index (χ1v) is 8.14. The summed E-state index contributed by atoms with van der Waals surface area (Å²) in [5, 5.41) is 9.68. The molecule has 0 unspecified atom stereocenters. The maximum atomic E-state index is 4.97. The maximum Gasteiger partial charge on any atom is 0.0744 e. The number of aryl methyl sites for hydroxylation is 1. The van der Waals surface area contributed by atoms with Crippen LogP contribution in [-0.4, -0.2) is 15.2 Å². The molecule has 0 amide bonds. The Kier molecular flexibility index (Phi) is 2.47. The SMILES string of the molecule is Brc1cccc(-c2nc3ccc4[nH]ncc4c3c3c2CC3)c1. The highest BCUT2D eigenvalue weighted by Crippen LogP contribution is 2.40. The zero-order chi connectivity index (χ0) is 14.7. The predicted molar refractivity (Wildman–Crippen MR) is 91.9 cm³/mol. The Labute approximate surface area is 135 Å². The average Bonchev–Trinajstić information content (AvgIpc) is 2.95. The Morgan fingerprint density at radius 3 is 2.77 bits per heavy atom. The van der Waals surface area contributed by atoms with E-state index in [0.29, 0.717) is 0 Å². The number of hydrogen-bond acceptors (Lipinski definition) is 2. The molecular weight excluding hydrogens is 338 g/mol. The van der Waals surface area contributed by atoms with E-state index in [2.05, 4.69) is 56.5 Å². The van der Waals surface area contributed by atoms with Crippen molar-refractivity contribution in [1.29, 1.82) is 0 Å². The second-order valence-corrected chi connectivity index (χ2v) is 6.63. The smallest absolute Gasteiger partial charge is 0.0744 e. The lowest BCUT2D eigenvalue weighted by Gasteiger charge is -2.24. The van der Waals surface area contributed by atoms with Crippen LogP contribution in [0.1, 0.15) is 11.1 Å². The minimum atomic E-state index is 1.06. The third kappa shape index (κ3) is 1.61. The number of aromatic nitrogens is 3. The second kappa shape index (κ2) is 4.40. The molecule has 0 bridgehead atoms. The molecule has 1 N–H and O–H groups in total. The molecule has 0 saturated heterocycles. The first-order valence-electron chi connectivity index (χ1n) is 7.35. The van der Waals surface area contributed by atoms with Crippen LogP contribution in [0.5, 0.6) is 0 Å². The van der Waals surface area contributed by atoms with Crippen molar-refractivity contribution in [2.75, 3.05) is 0 Å². The highest BCUT2D eigenvalue weighted by Gasteiger charge is 2.24. The summed E-state index contributed by atoms with van der Waals surface area (Å²) in [5.41, 5.74) is 7.27. The zero-order valence-corrected chi connectivity index (χ0v) is 13.3. The van der Waals surface area contributed by atoms with Crippen molar-refractivity contribution >= 4 is 37.7 Å². The fourth-order valence-corrected chi connectivity index (χ4v) is 3.79. The van der Waals surface area contributed by atoms with Crippen molar-refractivity contribution in [3.63, 3.8) is 0 Å². The molecule has 106 valence electrons. The lowest BCUT2D eigenvalue weighted by Crippen LogP contribution is -2.13. The van der Waals surface area contributed by atoms with Crippen LogP contribution in [0.3, 0.4) is 0 Å². The molecule has 2 aromatic heterocycles. The standard InChI is InChI=1S/C18H12BrN3/c19-11-3-1-2-10(8-11)18-13-5-4-12(13)17-14-9-20-22-15(14)6-7-16(17)21-18/h1-3,6-9H,4-5H2,(H,20,22). The molecule has 5 rings (SSSR count). The van der Waals surface area contributed by atoms with Gasteiger partial charge in [0, 0.05) is 20.8 Å². The van der Waals surface area contributed by atoms with Gasteiger partial charge in [0.05, 0.1) is 22.9 Å². The molecule has 2 aromatic carbocycles. The molecule has 0 saturated carbocycles. The molecule has 4 aromatic rings. The van der Waals surface area contributed by atoms with Gasteiger partial charge < -0.3 is 0 Å². The third-order valence-electron chi connectivity index (χ3n) is 4.51. The van der Waals surface area contributed by atoms with Crippen LogP contribution >= 0.6 is 15.9 Å². The van der Waals surface area contributed by atoms with Gasteiger partial charge in [-0.15, -0.1) is 0 Å². The van der Waals surface area contributed by atoms with Crippen molar-refractivity contribution in [2.24, 2.45) is 0 Å².